The minimum Gasteiger partial charge on any atom is -0.494 e. The zero-order valence-electron chi connectivity index (χ0n) is 23.7. The van der Waals surface area contributed by atoms with Gasteiger partial charge in [-0.2, -0.15) is 4.31 Å². The lowest BCUT2D eigenvalue weighted by molar-refractivity contribution is 0.0730. The highest BCUT2D eigenvalue weighted by Crippen LogP contribution is 2.27. The number of aromatic nitrogens is 1. The first-order valence-corrected chi connectivity index (χ1v) is 17.0. The highest BCUT2D eigenvalue weighted by Gasteiger charge is 2.29. The van der Waals surface area contributed by atoms with Crippen LogP contribution >= 0.6 is 11.6 Å². The summed E-state index contributed by atoms with van der Waals surface area (Å²) in [6.45, 7) is 5.42. The number of sulfonamides is 2. The molecule has 1 fully saturated rings. The van der Waals surface area contributed by atoms with Gasteiger partial charge in [0.15, 0.2) is 0 Å². The summed E-state index contributed by atoms with van der Waals surface area (Å²) in [7, 11) is -8.34. The van der Waals surface area contributed by atoms with E-state index in [0.29, 0.717) is 30.3 Å². The van der Waals surface area contributed by atoms with Gasteiger partial charge in [0.1, 0.15) is 11.4 Å². The van der Waals surface area contributed by atoms with Gasteiger partial charge in [0.2, 0.25) is 10.0 Å². The summed E-state index contributed by atoms with van der Waals surface area (Å²) in [5, 5.41) is 1.47. The molecule has 1 N–H and O–H groups in total. The quantitative estimate of drug-likeness (QED) is 0.252. The van der Waals surface area contributed by atoms with Gasteiger partial charge in [0, 0.05) is 35.6 Å². The number of fused-ring (bicyclic) bond motifs is 1. The monoisotopic (exact) mass is 645 g/mol. The van der Waals surface area contributed by atoms with Gasteiger partial charge in [0.05, 0.1) is 29.6 Å². The van der Waals surface area contributed by atoms with Crippen LogP contribution in [0.25, 0.3) is 10.9 Å². The molecule has 1 aliphatic heterocycles. The van der Waals surface area contributed by atoms with E-state index < -0.39 is 26.0 Å². The van der Waals surface area contributed by atoms with Crippen molar-refractivity contribution in [1.29, 1.82) is 0 Å². The van der Waals surface area contributed by atoms with Crippen molar-refractivity contribution in [2.24, 2.45) is 0 Å². The Morgan fingerprint density at radius 2 is 1.60 bits per heavy atom. The van der Waals surface area contributed by atoms with Crippen LogP contribution in [0, 0.1) is 13.8 Å². The van der Waals surface area contributed by atoms with E-state index in [1.807, 2.05) is 50.2 Å². The molecule has 4 aromatic rings. The van der Waals surface area contributed by atoms with Gasteiger partial charge in [0.25, 0.3) is 15.9 Å². The number of hydrogen-bond acceptors (Lipinski definition) is 7. The number of aryl methyl sites for hydroxylation is 3. The molecule has 3 aromatic carbocycles. The van der Waals surface area contributed by atoms with Crippen molar-refractivity contribution in [2.45, 2.75) is 36.6 Å². The molecule has 13 heteroatoms. The third kappa shape index (κ3) is 6.73. The average Bonchev–Trinajstić information content (AvgIpc) is 3.37. The number of carbonyl (C=O) groups is 1. The molecule has 0 unspecified atom stereocenters. The first-order valence-electron chi connectivity index (χ1n) is 13.7. The maximum absolute atomic E-state index is 13.4. The van der Waals surface area contributed by atoms with Crippen molar-refractivity contribution in [3.8, 4) is 5.75 Å². The standard InChI is InChI=1S/C30H32ClN3O7S2/c1-21-17-24(18-22(2)29(21)31)41-14-6-11-34-27-10-4-3-7-23(27)19-28(34)30(35)32-42(36,37)25-8-5-9-26(20-25)43(38,39)33-12-15-40-16-13-33/h3-5,7-10,17-20H,6,11-16H2,1-2H3,(H,32,35). The van der Waals surface area contributed by atoms with E-state index >= 15 is 0 Å². The number of hydrogen-bond donors (Lipinski definition) is 1. The molecule has 1 aliphatic rings. The molecule has 10 nitrogen and oxygen atoms in total. The molecule has 0 atom stereocenters. The summed E-state index contributed by atoms with van der Waals surface area (Å²) < 4.78 is 69.0. The fraction of sp³-hybridized carbons (Fsp3) is 0.300. The number of nitrogens with zero attached hydrogens (tertiary/aromatic N) is 2. The fourth-order valence-corrected chi connectivity index (χ4v) is 7.66. The van der Waals surface area contributed by atoms with E-state index in [9.17, 15) is 21.6 Å². The number of para-hydroxylation sites is 1. The highest BCUT2D eigenvalue weighted by molar-refractivity contribution is 7.90. The molecular formula is C30H32ClN3O7S2. The Morgan fingerprint density at radius 3 is 2.33 bits per heavy atom. The van der Waals surface area contributed by atoms with E-state index in [1.165, 1.54) is 22.5 Å². The van der Waals surface area contributed by atoms with Crippen LogP contribution in [-0.2, 0) is 31.3 Å². The van der Waals surface area contributed by atoms with Crippen molar-refractivity contribution in [3.05, 3.63) is 88.6 Å². The molecule has 0 spiro atoms. The molecule has 1 saturated heterocycles. The second-order valence-electron chi connectivity index (χ2n) is 10.2. The lowest BCUT2D eigenvalue weighted by Crippen LogP contribution is -2.40. The number of amides is 1. The number of morpholine rings is 1. The maximum atomic E-state index is 13.4. The second kappa shape index (κ2) is 12.7. The van der Waals surface area contributed by atoms with Gasteiger partial charge in [-0.05, 0) is 73.9 Å². The van der Waals surface area contributed by atoms with Gasteiger partial charge in [-0.1, -0.05) is 35.9 Å². The third-order valence-electron chi connectivity index (χ3n) is 7.20. The van der Waals surface area contributed by atoms with Gasteiger partial charge >= 0.3 is 0 Å². The van der Waals surface area contributed by atoms with Gasteiger partial charge in [-0.3, -0.25) is 4.79 Å². The summed E-state index contributed by atoms with van der Waals surface area (Å²) in [5.41, 5.74) is 2.75. The van der Waals surface area contributed by atoms with Gasteiger partial charge in [-0.25, -0.2) is 21.6 Å². The van der Waals surface area contributed by atoms with Crippen LogP contribution in [-0.4, -0.2) is 64.5 Å². The van der Waals surface area contributed by atoms with E-state index in [1.54, 1.807) is 10.6 Å². The van der Waals surface area contributed by atoms with Crippen molar-refractivity contribution >= 4 is 48.5 Å². The van der Waals surface area contributed by atoms with Crippen LogP contribution in [0.4, 0.5) is 0 Å². The predicted octanol–water partition coefficient (Wildman–Crippen LogP) is 4.52. The number of halogens is 1. The van der Waals surface area contributed by atoms with Gasteiger partial charge in [-0.15, -0.1) is 0 Å². The lowest BCUT2D eigenvalue weighted by atomic mass is 10.1. The predicted molar refractivity (Wildman–Crippen MR) is 164 cm³/mol. The molecular weight excluding hydrogens is 614 g/mol. The Kier molecular flexibility index (Phi) is 9.14. The summed E-state index contributed by atoms with van der Waals surface area (Å²) in [5.74, 6) is -0.138. The van der Waals surface area contributed by atoms with Crippen LogP contribution in [0.1, 0.15) is 28.0 Å². The summed E-state index contributed by atoms with van der Waals surface area (Å²) in [6.07, 6.45) is 0.536. The Balaban J connectivity index is 1.34. The first kappa shape index (κ1) is 31.0. The average molecular weight is 646 g/mol. The topological polar surface area (TPSA) is 124 Å². The first-order chi connectivity index (χ1) is 20.5. The lowest BCUT2D eigenvalue weighted by Gasteiger charge is -2.26. The summed E-state index contributed by atoms with van der Waals surface area (Å²) in [6, 6.07) is 17.7. The van der Waals surface area contributed by atoms with Crippen LogP contribution in [0.5, 0.6) is 5.75 Å². The van der Waals surface area contributed by atoms with E-state index in [-0.39, 0.29) is 41.8 Å². The zero-order valence-corrected chi connectivity index (χ0v) is 26.1. The summed E-state index contributed by atoms with van der Waals surface area (Å²) in [4.78, 5) is 12.9. The van der Waals surface area contributed by atoms with Crippen molar-refractivity contribution in [1.82, 2.24) is 13.6 Å². The molecule has 1 amide bonds. The SMILES string of the molecule is Cc1cc(OCCCn2c(C(=O)NS(=O)(=O)c3cccc(S(=O)(=O)N4CCOCC4)c3)cc3ccccc32)cc(C)c1Cl. The molecule has 0 aliphatic carbocycles. The molecule has 5 rings (SSSR count). The molecule has 0 radical (unpaired) electrons. The van der Waals surface area contributed by atoms with Crippen molar-refractivity contribution in [2.75, 3.05) is 32.9 Å². The Morgan fingerprint density at radius 1 is 0.930 bits per heavy atom. The molecule has 2 heterocycles. The molecule has 0 bridgehead atoms. The largest absolute Gasteiger partial charge is 0.494 e. The minimum absolute atomic E-state index is 0.153. The van der Waals surface area contributed by atoms with E-state index in [0.717, 1.165) is 28.1 Å². The van der Waals surface area contributed by atoms with Crippen LogP contribution in [0.2, 0.25) is 5.02 Å². The van der Waals surface area contributed by atoms with Crippen molar-refractivity contribution in [3.63, 3.8) is 0 Å². The number of benzene rings is 3. The minimum atomic E-state index is -4.40. The van der Waals surface area contributed by atoms with Gasteiger partial charge < -0.3 is 14.0 Å². The highest BCUT2D eigenvalue weighted by atomic mass is 35.5. The zero-order chi connectivity index (χ0) is 30.8. The third-order valence-corrected chi connectivity index (χ3v) is 11.0. The maximum Gasteiger partial charge on any atom is 0.281 e. The number of rotatable bonds is 10. The van der Waals surface area contributed by atoms with Crippen LogP contribution in [0.15, 0.2) is 76.5 Å². The Hall–Kier alpha value is -3.42. The Labute approximate surface area is 256 Å². The smallest absolute Gasteiger partial charge is 0.281 e. The fourth-order valence-electron chi connectivity index (χ4n) is 5.01. The second-order valence-corrected chi connectivity index (χ2v) is 14.2. The molecule has 0 saturated carbocycles. The number of ether oxygens (including phenoxy) is 2. The normalized spacial score (nSPS) is 14.6. The van der Waals surface area contributed by atoms with E-state index in [2.05, 4.69) is 4.72 Å². The van der Waals surface area contributed by atoms with Crippen molar-refractivity contribution < 1.29 is 31.1 Å². The number of carbonyl (C=O) groups excluding carboxylic acids is 1. The van der Waals surface area contributed by atoms with E-state index in [4.69, 9.17) is 21.1 Å². The molecule has 43 heavy (non-hydrogen) atoms. The number of nitrogens with one attached hydrogen (secondary N) is 1. The van der Waals surface area contributed by atoms with Crippen LogP contribution < -0.4 is 9.46 Å². The summed E-state index contributed by atoms with van der Waals surface area (Å²) >= 11 is 6.25. The Bertz CT molecular complexity index is 1860. The van der Waals surface area contributed by atoms with Crippen LogP contribution in [0.3, 0.4) is 0 Å². The molecule has 228 valence electrons. The molecule has 1 aromatic heterocycles.